The minimum atomic E-state index is -0.998. The van der Waals surface area contributed by atoms with Crippen LogP contribution in [-0.2, 0) is 16.0 Å². The van der Waals surface area contributed by atoms with E-state index in [0.717, 1.165) is 43.9 Å². The van der Waals surface area contributed by atoms with Gasteiger partial charge in [-0.25, -0.2) is 0 Å². The highest BCUT2D eigenvalue weighted by atomic mass is 32.2. The number of carboxylic acids is 1. The van der Waals surface area contributed by atoms with Crippen LogP contribution in [-0.4, -0.2) is 21.9 Å². The maximum absolute atomic E-state index is 11.6. The zero-order valence-electron chi connectivity index (χ0n) is 15.4. The maximum Gasteiger partial charge on any atom is 0.307 e. The minimum absolute atomic E-state index is 0.0203. The lowest BCUT2D eigenvalue weighted by Crippen LogP contribution is -1.97. The molecule has 2 aromatic rings. The van der Waals surface area contributed by atoms with E-state index in [4.69, 9.17) is 0 Å². The highest BCUT2D eigenvalue weighted by Crippen LogP contribution is 2.44. The number of carbonyl (C=O) groups is 1. The molecular formula is C22H22O3S. The second kappa shape index (κ2) is 7.14. The van der Waals surface area contributed by atoms with Crippen LogP contribution < -0.4 is 0 Å². The first-order valence-corrected chi connectivity index (χ1v) is 10.0. The molecule has 0 heterocycles. The zero-order valence-corrected chi connectivity index (χ0v) is 16.2. The monoisotopic (exact) mass is 366 g/mol. The van der Waals surface area contributed by atoms with E-state index in [2.05, 4.69) is 32.1 Å². The number of aliphatic carboxylic acids is 1. The van der Waals surface area contributed by atoms with Crippen molar-refractivity contribution in [3.8, 4) is 0 Å². The predicted octanol–water partition coefficient (Wildman–Crippen LogP) is 4.84. The van der Waals surface area contributed by atoms with Crippen molar-refractivity contribution in [2.24, 2.45) is 0 Å². The number of rotatable bonds is 4. The molecule has 0 radical (unpaired) electrons. The third kappa shape index (κ3) is 3.48. The largest absolute Gasteiger partial charge is 0.612 e. The molecular weight excluding hydrogens is 344 g/mol. The minimum Gasteiger partial charge on any atom is -0.612 e. The third-order valence-electron chi connectivity index (χ3n) is 4.96. The van der Waals surface area contributed by atoms with Gasteiger partial charge in [0.2, 0.25) is 0 Å². The number of hydrogen-bond acceptors (Lipinski definition) is 2. The summed E-state index contributed by atoms with van der Waals surface area (Å²) in [5, 5.41) is 9.32. The lowest BCUT2D eigenvalue weighted by atomic mass is 9.96. The van der Waals surface area contributed by atoms with Gasteiger partial charge < -0.3 is 9.66 Å². The summed E-state index contributed by atoms with van der Waals surface area (Å²) in [5.74, 6) is -0.820. The SMILES string of the molecule is CC1=C(CC(=O)O)c2cc(C)c(C)cc2C1=Cc1ccc([S+](C)[O-])cc1. The molecule has 1 aliphatic rings. The van der Waals surface area contributed by atoms with Gasteiger partial charge in [-0.2, -0.15) is 0 Å². The Morgan fingerprint density at radius 2 is 1.65 bits per heavy atom. The fraction of sp³-hybridized carbons (Fsp3) is 0.227. The number of hydrogen-bond donors (Lipinski definition) is 1. The molecule has 4 heteroatoms. The quantitative estimate of drug-likeness (QED) is 0.788. The summed E-state index contributed by atoms with van der Waals surface area (Å²) in [5.41, 5.74) is 8.42. The van der Waals surface area contributed by atoms with Crippen molar-refractivity contribution >= 4 is 34.4 Å². The molecule has 1 unspecified atom stereocenters. The number of fused-ring (bicyclic) bond motifs is 1. The van der Waals surface area contributed by atoms with Crippen molar-refractivity contribution in [2.75, 3.05) is 6.26 Å². The molecule has 0 aromatic heterocycles. The van der Waals surface area contributed by atoms with Crippen LogP contribution in [0.25, 0.3) is 17.2 Å². The Kier molecular flexibility index (Phi) is 5.08. The first kappa shape index (κ1) is 18.5. The van der Waals surface area contributed by atoms with Gasteiger partial charge in [0.1, 0.15) is 6.26 Å². The van der Waals surface area contributed by atoms with Crippen molar-refractivity contribution in [2.45, 2.75) is 32.1 Å². The van der Waals surface area contributed by atoms with Crippen LogP contribution in [0.5, 0.6) is 0 Å². The first-order valence-electron chi connectivity index (χ1n) is 8.47. The smallest absolute Gasteiger partial charge is 0.307 e. The summed E-state index contributed by atoms with van der Waals surface area (Å²) >= 11 is -0.998. The van der Waals surface area contributed by atoms with E-state index in [-0.39, 0.29) is 6.42 Å². The Hall–Kier alpha value is -2.30. The van der Waals surface area contributed by atoms with Crippen LogP contribution in [0.3, 0.4) is 0 Å². The predicted molar refractivity (Wildman–Crippen MR) is 107 cm³/mol. The van der Waals surface area contributed by atoms with Gasteiger partial charge in [-0.3, -0.25) is 4.79 Å². The Labute approximate surface area is 157 Å². The highest BCUT2D eigenvalue weighted by Gasteiger charge is 2.25. The Morgan fingerprint density at radius 1 is 1.08 bits per heavy atom. The van der Waals surface area contributed by atoms with Gasteiger partial charge in [0, 0.05) is 0 Å². The van der Waals surface area contributed by atoms with E-state index in [1.807, 2.05) is 31.2 Å². The van der Waals surface area contributed by atoms with E-state index in [0.29, 0.717) is 0 Å². The van der Waals surface area contributed by atoms with Gasteiger partial charge in [0.05, 0.1) is 6.42 Å². The van der Waals surface area contributed by atoms with Gasteiger partial charge in [-0.1, -0.05) is 12.1 Å². The van der Waals surface area contributed by atoms with Gasteiger partial charge in [-0.15, -0.1) is 0 Å². The Balaban J connectivity index is 2.13. The second-order valence-corrected chi connectivity index (χ2v) is 8.12. The number of carboxylic acid groups (broad SMARTS) is 1. The summed E-state index contributed by atoms with van der Waals surface area (Å²) < 4.78 is 11.6. The summed E-state index contributed by atoms with van der Waals surface area (Å²) in [6.45, 7) is 6.11. The van der Waals surface area contributed by atoms with Crippen molar-refractivity contribution in [1.29, 1.82) is 0 Å². The molecule has 0 saturated carbocycles. The van der Waals surface area contributed by atoms with Crippen LogP contribution in [0, 0.1) is 13.8 Å². The Bertz CT molecular complexity index is 935. The Morgan fingerprint density at radius 3 is 2.19 bits per heavy atom. The summed E-state index contributed by atoms with van der Waals surface area (Å²) in [4.78, 5) is 12.1. The van der Waals surface area contributed by atoms with Gasteiger partial charge in [0.15, 0.2) is 4.90 Å². The van der Waals surface area contributed by atoms with Crippen molar-refractivity contribution in [1.82, 2.24) is 0 Å². The maximum atomic E-state index is 11.6. The molecule has 26 heavy (non-hydrogen) atoms. The van der Waals surface area contributed by atoms with E-state index >= 15 is 0 Å². The first-order chi connectivity index (χ1) is 12.3. The molecule has 3 rings (SSSR count). The van der Waals surface area contributed by atoms with Gasteiger partial charge in [-0.05, 0) is 107 Å². The molecule has 0 fully saturated rings. The summed E-state index contributed by atoms with van der Waals surface area (Å²) in [7, 11) is 0. The van der Waals surface area contributed by atoms with Crippen LogP contribution in [0.15, 0.2) is 46.9 Å². The van der Waals surface area contributed by atoms with Crippen LogP contribution in [0.4, 0.5) is 0 Å². The highest BCUT2D eigenvalue weighted by molar-refractivity contribution is 7.90. The van der Waals surface area contributed by atoms with Crippen LogP contribution in [0.2, 0.25) is 0 Å². The lowest BCUT2D eigenvalue weighted by molar-refractivity contribution is -0.135. The molecule has 134 valence electrons. The van der Waals surface area contributed by atoms with E-state index in [9.17, 15) is 14.5 Å². The summed E-state index contributed by atoms with van der Waals surface area (Å²) in [6.07, 6.45) is 3.77. The molecule has 3 nitrogen and oxygen atoms in total. The fourth-order valence-electron chi connectivity index (χ4n) is 3.34. The molecule has 0 bridgehead atoms. The molecule has 2 aromatic carbocycles. The average molecular weight is 366 g/mol. The number of aryl methyl sites for hydroxylation is 2. The molecule has 1 N–H and O–H groups in total. The molecule has 0 aliphatic heterocycles. The van der Waals surface area contributed by atoms with Crippen molar-refractivity contribution in [3.63, 3.8) is 0 Å². The molecule has 1 aliphatic carbocycles. The van der Waals surface area contributed by atoms with Gasteiger partial charge >= 0.3 is 5.97 Å². The van der Waals surface area contributed by atoms with Gasteiger partial charge in [0.25, 0.3) is 0 Å². The van der Waals surface area contributed by atoms with E-state index in [1.54, 1.807) is 6.26 Å². The molecule has 1 atom stereocenters. The van der Waals surface area contributed by atoms with Crippen molar-refractivity contribution in [3.05, 3.63) is 69.8 Å². The second-order valence-electron chi connectivity index (χ2n) is 6.74. The molecule has 0 saturated heterocycles. The van der Waals surface area contributed by atoms with Crippen molar-refractivity contribution < 1.29 is 14.5 Å². The number of benzene rings is 2. The topological polar surface area (TPSA) is 60.4 Å². The summed E-state index contributed by atoms with van der Waals surface area (Å²) in [6, 6.07) is 11.9. The zero-order chi connectivity index (χ0) is 19.0. The standard InChI is InChI=1S/C22H22O3S/c1-13-9-20-18(11-16-5-7-17(8-6-16)26(4)25)15(3)19(12-22(23)24)21(20)10-14(13)2/h5-11H,12H2,1-4H3,(H,23,24). The number of allylic oxidation sites excluding steroid dienone is 2. The van der Waals surface area contributed by atoms with E-state index in [1.165, 1.54) is 5.56 Å². The third-order valence-corrected chi connectivity index (χ3v) is 5.89. The molecule has 0 spiro atoms. The lowest BCUT2D eigenvalue weighted by Gasteiger charge is -2.09. The molecule has 0 amide bonds. The van der Waals surface area contributed by atoms with Crippen LogP contribution in [0.1, 0.15) is 41.2 Å². The average Bonchev–Trinajstić information content (AvgIpc) is 2.81. The van der Waals surface area contributed by atoms with Crippen LogP contribution >= 0.6 is 0 Å². The van der Waals surface area contributed by atoms with E-state index < -0.39 is 17.1 Å². The normalized spacial score (nSPS) is 16.1. The fourth-order valence-corrected chi connectivity index (χ4v) is 3.86.